The second-order valence-electron chi connectivity index (χ2n) is 3.40. The van der Waals surface area contributed by atoms with Crippen molar-refractivity contribution in [2.45, 2.75) is 0 Å². The first kappa shape index (κ1) is 13.7. The lowest BCUT2D eigenvalue weighted by molar-refractivity contribution is -0.594. The summed E-state index contributed by atoms with van der Waals surface area (Å²) in [6.07, 6.45) is 4.90. The third-order valence-electron chi connectivity index (χ3n) is 2.25. The monoisotopic (exact) mass is 268 g/mol. The molecule has 0 saturated carbocycles. The number of nitrogens with one attached hydrogen (secondary N) is 1. The van der Waals surface area contributed by atoms with Gasteiger partial charge < -0.3 is 22.6 Å². The molecule has 2 aromatic rings. The minimum absolute atomic E-state index is 0. The molecule has 0 saturated heterocycles. The number of carboxylic acid groups (broad SMARTS) is 2. The molecule has 94 valence electrons. The number of imidazole rings is 1. The zero-order valence-corrected chi connectivity index (χ0v) is 9.76. The molecule has 0 amide bonds. The van der Waals surface area contributed by atoms with Crippen molar-refractivity contribution in [1.82, 2.24) is 4.98 Å². The summed E-state index contributed by atoms with van der Waals surface area (Å²) in [5.74, 6) is -2.32. The molecule has 1 heterocycles. The van der Waals surface area contributed by atoms with Crippen molar-refractivity contribution in [1.29, 1.82) is 0 Å². The van der Waals surface area contributed by atoms with E-state index < -0.39 is 11.9 Å². The summed E-state index contributed by atoms with van der Waals surface area (Å²) < 4.78 is 1.60. The van der Waals surface area contributed by atoms with Crippen molar-refractivity contribution < 1.29 is 36.8 Å². The summed E-state index contributed by atoms with van der Waals surface area (Å²) in [5.41, 5.74) is 0.353. The Morgan fingerprint density at radius 2 is 1.61 bits per heavy atom. The summed E-state index contributed by atoms with van der Waals surface area (Å²) in [5, 5.41) is 17.8. The molecule has 0 fully saturated rings. The molecule has 0 radical (unpaired) electrons. The fourth-order valence-corrected chi connectivity index (χ4v) is 1.46. The van der Waals surface area contributed by atoms with Gasteiger partial charge in [-0.1, -0.05) is 0 Å². The molecule has 6 nitrogen and oxygen atoms in total. The van der Waals surface area contributed by atoms with E-state index in [4.69, 9.17) is 10.2 Å². The number of benzene rings is 1. The molecular formula is C11H9ClN2O4. The van der Waals surface area contributed by atoms with Crippen LogP contribution in [0.1, 0.15) is 20.7 Å². The van der Waals surface area contributed by atoms with Gasteiger partial charge in [-0.3, -0.25) is 0 Å². The van der Waals surface area contributed by atoms with Gasteiger partial charge in [-0.05, 0) is 18.2 Å². The highest BCUT2D eigenvalue weighted by Crippen LogP contribution is 2.10. The van der Waals surface area contributed by atoms with Crippen molar-refractivity contribution >= 4 is 11.9 Å². The predicted octanol–water partition coefficient (Wildman–Crippen LogP) is -2.31. The summed E-state index contributed by atoms with van der Waals surface area (Å²) in [6, 6.07) is 3.94. The van der Waals surface area contributed by atoms with Crippen molar-refractivity contribution in [3.05, 3.63) is 48.0 Å². The molecule has 3 N–H and O–H groups in total. The molecule has 0 aliphatic carbocycles. The van der Waals surface area contributed by atoms with Crippen molar-refractivity contribution in [3.8, 4) is 5.69 Å². The Kier molecular flexibility index (Phi) is 4.06. The first-order valence-electron chi connectivity index (χ1n) is 4.74. The van der Waals surface area contributed by atoms with Gasteiger partial charge in [0.2, 0.25) is 6.33 Å². The van der Waals surface area contributed by atoms with E-state index in [0.29, 0.717) is 5.69 Å². The maximum absolute atomic E-state index is 10.9. The van der Waals surface area contributed by atoms with E-state index in [1.807, 2.05) is 0 Å². The van der Waals surface area contributed by atoms with Gasteiger partial charge in [0.25, 0.3) is 0 Å². The van der Waals surface area contributed by atoms with E-state index in [1.165, 1.54) is 12.1 Å². The summed E-state index contributed by atoms with van der Waals surface area (Å²) >= 11 is 0. The number of hydrogen-bond acceptors (Lipinski definition) is 2. The van der Waals surface area contributed by atoms with Crippen LogP contribution in [0.15, 0.2) is 36.9 Å². The Morgan fingerprint density at radius 1 is 1.06 bits per heavy atom. The van der Waals surface area contributed by atoms with Crippen LogP contribution in [-0.4, -0.2) is 27.1 Å². The van der Waals surface area contributed by atoms with E-state index in [2.05, 4.69) is 4.98 Å². The van der Waals surface area contributed by atoms with Crippen molar-refractivity contribution in [3.63, 3.8) is 0 Å². The largest absolute Gasteiger partial charge is 1.00 e. The van der Waals surface area contributed by atoms with Crippen LogP contribution >= 0.6 is 0 Å². The Morgan fingerprint density at radius 3 is 2.00 bits per heavy atom. The second kappa shape index (κ2) is 5.33. The number of hydrogen-bond donors (Lipinski definition) is 3. The highest BCUT2D eigenvalue weighted by atomic mass is 35.5. The number of nitrogens with zero attached hydrogens (tertiary/aromatic N) is 1. The molecule has 0 aliphatic rings. The number of aromatic amines is 1. The normalized spacial score (nSPS) is 9.56. The van der Waals surface area contributed by atoms with Crippen molar-refractivity contribution in [2.24, 2.45) is 0 Å². The Labute approximate surface area is 108 Å². The van der Waals surface area contributed by atoms with Crippen molar-refractivity contribution in [2.75, 3.05) is 0 Å². The van der Waals surface area contributed by atoms with Crippen LogP contribution in [0.4, 0.5) is 0 Å². The van der Waals surface area contributed by atoms with Gasteiger partial charge in [-0.25, -0.2) is 19.1 Å². The van der Waals surface area contributed by atoms with Crippen LogP contribution in [0.5, 0.6) is 0 Å². The van der Waals surface area contributed by atoms with Gasteiger partial charge >= 0.3 is 11.9 Å². The van der Waals surface area contributed by atoms with Gasteiger partial charge in [-0.15, -0.1) is 0 Å². The first-order chi connectivity index (χ1) is 8.08. The lowest BCUT2D eigenvalue weighted by Gasteiger charge is -2.01. The highest BCUT2D eigenvalue weighted by Gasteiger charge is 2.14. The number of rotatable bonds is 3. The van der Waals surface area contributed by atoms with E-state index >= 15 is 0 Å². The lowest BCUT2D eigenvalue weighted by atomic mass is 10.1. The summed E-state index contributed by atoms with van der Waals surface area (Å²) in [7, 11) is 0. The van der Waals surface area contributed by atoms with E-state index in [9.17, 15) is 9.59 Å². The molecule has 0 spiro atoms. The molecule has 0 atom stereocenters. The Hall–Kier alpha value is -2.34. The standard InChI is InChI=1S/C11H8N2O4.ClH/c14-10(15)7-3-8(11(16)17)5-9(4-7)13-2-1-12-6-13;/h1-6H,(H2,14,15,16,17);1H. The number of aromatic carboxylic acids is 2. The number of H-pyrrole nitrogens is 1. The van der Waals surface area contributed by atoms with Gasteiger partial charge in [0, 0.05) is 0 Å². The molecule has 1 aromatic heterocycles. The fraction of sp³-hybridized carbons (Fsp3) is 0. The summed E-state index contributed by atoms with van der Waals surface area (Å²) in [6.45, 7) is 0. The molecule has 1 aromatic carbocycles. The topological polar surface area (TPSA) is 94.3 Å². The minimum atomic E-state index is -1.16. The molecule has 0 unspecified atom stereocenters. The third kappa shape index (κ3) is 2.67. The SMILES string of the molecule is O=C(O)c1cc(C(=O)O)cc(-[n+]2cc[nH]c2)c1.[Cl-]. The number of halogens is 1. The maximum Gasteiger partial charge on any atom is 0.335 e. The third-order valence-corrected chi connectivity index (χ3v) is 2.25. The average molecular weight is 269 g/mol. The minimum Gasteiger partial charge on any atom is -1.00 e. The van der Waals surface area contributed by atoms with E-state index in [-0.39, 0.29) is 23.5 Å². The van der Waals surface area contributed by atoms with Crippen LogP contribution in [-0.2, 0) is 0 Å². The van der Waals surface area contributed by atoms with E-state index in [0.717, 1.165) is 6.07 Å². The van der Waals surface area contributed by atoms with Gasteiger partial charge in [-0.2, -0.15) is 0 Å². The molecular weight excluding hydrogens is 260 g/mol. The smallest absolute Gasteiger partial charge is 0.335 e. The van der Waals surface area contributed by atoms with Crippen LogP contribution < -0.4 is 17.0 Å². The highest BCUT2D eigenvalue weighted by molar-refractivity contribution is 5.94. The number of aromatic nitrogens is 2. The average Bonchev–Trinajstić information content (AvgIpc) is 2.81. The van der Waals surface area contributed by atoms with Crippen LogP contribution in [0.3, 0.4) is 0 Å². The van der Waals surface area contributed by atoms with Crippen LogP contribution in [0.2, 0.25) is 0 Å². The number of carboxylic acids is 2. The Bertz CT molecular complexity index is 548. The van der Waals surface area contributed by atoms with Gasteiger partial charge in [0.1, 0.15) is 18.1 Å². The molecule has 0 bridgehead atoms. The summed E-state index contributed by atoms with van der Waals surface area (Å²) in [4.78, 5) is 24.6. The van der Waals surface area contributed by atoms with Gasteiger partial charge in [0.15, 0.2) is 0 Å². The Balaban J connectivity index is 0.00000162. The fourth-order valence-electron chi connectivity index (χ4n) is 1.46. The predicted molar refractivity (Wildman–Crippen MR) is 56.2 cm³/mol. The number of carbonyl (C=O) groups is 2. The first-order valence-corrected chi connectivity index (χ1v) is 4.74. The molecule has 2 rings (SSSR count). The maximum atomic E-state index is 10.9. The van der Waals surface area contributed by atoms with E-state index in [1.54, 1.807) is 23.3 Å². The molecule has 7 heteroatoms. The second-order valence-corrected chi connectivity index (χ2v) is 3.40. The molecule has 0 aliphatic heterocycles. The lowest BCUT2D eigenvalue weighted by Crippen LogP contribution is -3.00. The zero-order chi connectivity index (χ0) is 12.4. The van der Waals surface area contributed by atoms with Crippen LogP contribution in [0.25, 0.3) is 5.69 Å². The molecule has 18 heavy (non-hydrogen) atoms. The van der Waals surface area contributed by atoms with Gasteiger partial charge in [0.05, 0.1) is 11.1 Å². The zero-order valence-electron chi connectivity index (χ0n) is 9.00. The quantitative estimate of drug-likeness (QED) is 0.545. The van der Waals surface area contributed by atoms with Crippen LogP contribution in [0, 0.1) is 0 Å².